The van der Waals surface area contributed by atoms with Gasteiger partial charge in [0.15, 0.2) is 0 Å². The predicted octanol–water partition coefficient (Wildman–Crippen LogP) is 2.38. The van der Waals surface area contributed by atoms with Gasteiger partial charge in [-0.3, -0.25) is 4.90 Å². The minimum absolute atomic E-state index is 0.127. The topological polar surface area (TPSA) is 32.7 Å². The van der Waals surface area contributed by atoms with E-state index >= 15 is 0 Å². The largest absolute Gasteiger partial charge is 0.394 e. The van der Waals surface area contributed by atoms with Crippen LogP contribution in [0.5, 0.6) is 0 Å². The quantitative estimate of drug-likeness (QED) is 0.812. The Hall–Kier alpha value is -0.550. The van der Waals surface area contributed by atoms with E-state index in [4.69, 9.17) is 9.84 Å². The summed E-state index contributed by atoms with van der Waals surface area (Å²) >= 11 is 1.78. The van der Waals surface area contributed by atoms with Gasteiger partial charge in [-0.05, 0) is 36.8 Å². The zero-order valence-electron chi connectivity index (χ0n) is 11.5. The van der Waals surface area contributed by atoms with E-state index in [1.54, 1.807) is 11.8 Å². The van der Waals surface area contributed by atoms with E-state index in [1.165, 1.54) is 10.5 Å². The fourth-order valence-electron chi connectivity index (χ4n) is 2.44. The smallest absolute Gasteiger partial charge is 0.0701 e. The van der Waals surface area contributed by atoms with Crippen molar-refractivity contribution < 1.29 is 9.84 Å². The molecule has 1 N–H and O–H groups in total. The van der Waals surface area contributed by atoms with Gasteiger partial charge >= 0.3 is 0 Å². The molecule has 1 aromatic rings. The lowest BCUT2D eigenvalue weighted by molar-refractivity contribution is -0.00901. The number of aliphatic hydroxyl groups excluding tert-OH is 1. The highest BCUT2D eigenvalue weighted by molar-refractivity contribution is 7.98. The van der Waals surface area contributed by atoms with Gasteiger partial charge in [-0.2, -0.15) is 0 Å². The number of likely N-dealkylation sites (tertiary alicyclic amines) is 1. The molecule has 0 atom stereocenters. The number of nitrogens with zero attached hydrogens (tertiary/aromatic N) is 1. The average Bonchev–Trinajstić information content (AvgIpc) is 2.47. The molecule has 0 spiro atoms. The van der Waals surface area contributed by atoms with E-state index < -0.39 is 0 Å². The van der Waals surface area contributed by atoms with Crippen molar-refractivity contribution in [1.82, 2.24) is 4.90 Å². The summed E-state index contributed by atoms with van der Waals surface area (Å²) in [7, 11) is 0. The molecule has 1 heterocycles. The zero-order valence-corrected chi connectivity index (χ0v) is 12.4. The molecule has 0 radical (unpaired) electrons. The van der Waals surface area contributed by atoms with Gasteiger partial charge in [0.05, 0.1) is 19.3 Å². The van der Waals surface area contributed by atoms with Gasteiger partial charge in [-0.1, -0.05) is 12.1 Å². The van der Waals surface area contributed by atoms with Gasteiger partial charge in [0.25, 0.3) is 0 Å². The Kier molecular flexibility index (Phi) is 6.17. The fraction of sp³-hybridized carbons (Fsp3) is 0.600. The van der Waals surface area contributed by atoms with E-state index in [2.05, 4.69) is 35.4 Å². The van der Waals surface area contributed by atoms with Crippen LogP contribution in [0.25, 0.3) is 0 Å². The van der Waals surface area contributed by atoms with E-state index in [1.807, 2.05) is 0 Å². The van der Waals surface area contributed by atoms with Gasteiger partial charge in [-0.15, -0.1) is 11.8 Å². The summed E-state index contributed by atoms with van der Waals surface area (Å²) in [4.78, 5) is 3.80. The van der Waals surface area contributed by atoms with Crippen molar-refractivity contribution >= 4 is 11.8 Å². The maximum atomic E-state index is 8.75. The van der Waals surface area contributed by atoms with E-state index in [-0.39, 0.29) is 6.61 Å². The first-order valence-corrected chi connectivity index (χ1v) is 8.12. The summed E-state index contributed by atoms with van der Waals surface area (Å²) in [6, 6.07) is 8.83. The fourth-order valence-corrected chi connectivity index (χ4v) is 2.85. The van der Waals surface area contributed by atoms with Crippen LogP contribution in [0.3, 0.4) is 0 Å². The second-order valence-electron chi connectivity index (χ2n) is 4.92. The first kappa shape index (κ1) is 14.9. The van der Waals surface area contributed by atoms with Crippen LogP contribution >= 0.6 is 11.8 Å². The molecule has 4 heteroatoms. The van der Waals surface area contributed by atoms with Crippen molar-refractivity contribution in [2.75, 3.05) is 32.6 Å². The number of ether oxygens (including phenoxy) is 1. The standard InChI is InChI=1S/C15H23NO2S/c1-19-15-4-2-13(3-5-15)12-16-8-6-14(7-9-16)18-11-10-17/h2-5,14,17H,6-12H2,1H3. The molecule has 0 bridgehead atoms. The lowest BCUT2D eigenvalue weighted by atomic mass is 10.1. The molecular formula is C15H23NO2S. The Morgan fingerprint density at radius 2 is 1.95 bits per heavy atom. The number of thioether (sulfide) groups is 1. The molecule has 2 rings (SSSR count). The molecular weight excluding hydrogens is 258 g/mol. The molecule has 0 amide bonds. The van der Waals surface area contributed by atoms with Crippen molar-refractivity contribution in [3.63, 3.8) is 0 Å². The van der Waals surface area contributed by atoms with Crippen molar-refractivity contribution in [3.05, 3.63) is 29.8 Å². The van der Waals surface area contributed by atoms with Crippen LogP contribution in [0.4, 0.5) is 0 Å². The minimum Gasteiger partial charge on any atom is -0.394 e. The summed E-state index contributed by atoms with van der Waals surface area (Å²) in [5, 5.41) is 8.75. The number of hydrogen-bond donors (Lipinski definition) is 1. The van der Waals surface area contributed by atoms with Gasteiger partial charge in [0, 0.05) is 24.5 Å². The highest BCUT2D eigenvalue weighted by Crippen LogP contribution is 2.18. The molecule has 1 saturated heterocycles. The van der Waals surface area contributed by atoms with Crippen molar-refractivity contribution in [1.29, 1.82) is 0 Å². The summed E-state index contributed by atoms with van der Waals surface area (Å²) in [6.07, 6.45) is 4.58. The van der Waals surface area contributed by atoms with E-state index in [0.717, 1.165) is 32.5 Å². The summed E-state index contributed by atoms with van der Waals surface area (Å²) in [6.45, 7) is 3.80. The first-order valence-electron chi connectivity index (χ1n) is 6.89. The molecule has 1 aromatic carbocycles. The predicted molar refractivity (Wildman–Crippen MR) is 79.6 cm³/mol. The molecule has 1 fully saturated rings. The Morgan fingerprint density at radius 3 is 2.53 bits per heavy atom. The van der Waals surface area contributed by atoms with Crippen LogP contribution in [0.1, 0.15) is 18.4 Å². The maximum Gasteiger partial charge on any atom is 0.0701 e. The molecule has 0 aromatic heterocycles. The molecule has 0 aliphatic carbocycles. The third-order valence-electron chi connectivity index (χ3n) is 3.54. The lowest BCUT2D eigenvalue weighted by Crippen LogP contribution is -2.36. The zero-order chi connectivity index (χ0) is 13.5. The van der Waals surface area contributed by atoms with Gasteiger partial charge < -0.3 is 9.84 Å². The molecule has 3 nitrogen and oxygen atoms in total. The first-order chi connectivity index (χ1) is 9.31. The minimum atomic E-state index is 0.127. The van der Waals surface area contributed by atoms with Gasteiger partial charge in [0.2, 0.25) is 0 Å². The highest BCUT2D eigenvalue weighted by atomic mass is 32.2. The summed E-state index contributed by atoms with van der Waals surface area (Å²) in [5.41, 5.74) is 1.38. The van der Waals surface area contributed by atoms with Crippen LogP contribution in [0.15, 0.2) is 29.2 Å². The lowest BCUT2D eigenvalue weighted by Gasteiger charge is -2.31. The number of piperidine rings is 1. The average molecular weight is 281 g/mol. The normalized spacial score (nSPS) is 17.8. The Bertz CT molecular complexity index is 361. The van der Waals surface area contributed by atoms with Crippen molar-refractivity contribution in [3.8, 4) is 0 Å². The molecule has 0 unspecified atom stereocenters. The van der Waals surface area contributed by atoms with Gasteiger partial charge in [0.1, 0.15) is 0 Å². The number of hydrogen-bond acceptors (Lipinski definition) is 4. The summed E-state index contributed by atoms with van der Waals surface area (Å²) < 4.78 is 5.58. The number of benzene rings is 1. The molecule has 0 saturated carbocycles. The molecule has 1 aliphatic rings. The van der Waals surface area contributed by atoms with E-state index in [0.29, 0.717) is 12.7 Å². The maximum absolute atomic E-state index is 8.75. The highest BCUT2D eigenvalue weighted by Gasteiger charge is 2.19. The Morgan fingerprint density at radius 1 is 1.26 bits per heavy atom. The SMILES string of the molecule is CSc1ccc(CN2CCC(OCCO)CC2)cc1. The van der Waals surface area contributed by atoms with Crippen LogP contribution in [0, 0.1) is 0 Å². The molecule has 1 aliphatic heterocycles. The molecule has 106 valence electrons. The monoisotopic (exact) mass is 281 g/mol. The third-order valence-corrected chi connectivity index (χ3v) is 4.29. The van der Waals surface area contributed by atoms with Crippen LogP contribution < -0.4 is 0 Å². The van der Waals surface area contributed by atoms with Crippen molar-refractivity contribution in [2.24, 2.45) is 0 Å². The van der Waals surface area contributed by atoms with Crippen molar-refractivity contribution in [2.45, 2.75) is 30.4 Å². The Balaban J connectivity index is 1.75. The second-order valence-corrected chi connectivity index (χ2v) is 5.80. The summed E-state index contributed by atoms with van der Waals surface area (Å²) in [5.74, 6) is 0. The third kappa shape index (κ3) is 4.80. The van der Waals surface area contributed by atoms with Crippen LogP contribution in [-0.2, 0) is 11.3 Å². The number of aliphatic hydroxyl groups is 1. The van der Waals surface area contributed by atoms with Crippen LogP contribution in [0.2, 0.25) is 0 Å². The second kappa shape index (κ2) is 7.90. The Labute approximate surface area is 120 Å². The van der Waals surface area contributed by atoms with E-state index in [9.17, 15) is 0 Å². The van der Waals surface area contributed by atoms with Crippen LogP contribution in [-0.4, -0.2) is 48.7 Å². The molecule has 19 heavy (non-hydrogen) atoms. The number of rotatable bonds is 6. The van der Waals surface area contributed by atoms with Gasteiger partial charge in [-0.25, -0.2) is 0 Å².